The van der Waals surface area contributed by atoms with Gasteiger partial charge in [-0.15, -0.1) is 0 Å². The predicted octanol–water partition coefficient (Wildman–Crippen LogP) is 3.40. The standard InChI is InChI=1S/C23H20N2O3/c26-20-18-15-11-13-23(14-12-15,22(28)24-16-7-3-1-4-8-16)19(18)21(27)25(20)17-9-5-2-6-10-17/h1-11,13,15,18-19H,12,14H2,(H,24,28). The molecule has 0 spiro atoms. The van der Waals surface area contributed by atoms with E-state index in [0.29, 0.717) is 17.8 Å². The van der Waals surface area contributed by atoms with Crippen LogP contribution in [0.15, 0.2) is 72.8 Å². The molecule has 2 aromatic rings. The Labute approximate surface area is 163 Å². The maximum atomic E-state index is 13.4. The zero-order valence-electron chi connectivity index (χ0n) is 15.2. The number of nitrogens with one attached hydrogen (secondary N) is 1. The van der Waals surface area contributed by atoms with Crippen molar-refractivity contribution >= 4 is 29.1 Å². The lowest BCUT2D eigenvalue weighted by Crippen LogP contribution is -2.53. The molecule has 4 unspecified atom stereocenters. The molecule has 1 saturated carbocycles. The highest BCUT2D eigenvalue weighted by Crippen LogP contribution is 2.57. The molecule has 3 amide bonds. The molecular formula is C23H20N2O3. The number of fused-ring (bicyclic) bond motifs is 1. The highest BCUT2D eigenvalue weighted by atomic mass is 16.2. The van der Waals surface area contributed by atoms with Gasteiger partial charge >= 0.3 is 0 Å². The van der Waals surface area contributed by atoms with Gasteiger partial charge in [-0.2, -0.15) is 0 Å². The van der Waals surface area contributed by atoms with Crippen LogP contribution in [0.4, 0.5) is 11.4 Å². The second kappa shape index (κ2) is 6.16. The fourth-order valence-corrected chi connectivity index (χ4v) is 5.03. The van der Waals surface area contributed by atoms with E-state index in [1.54, 1.807) is 12.1 Å². The van der Waals surface area contributed by atoms with Crippen LogP contribution in [-0.4, -0.2) is 17.7 Å². The zero-order valence-corrected chi connectivity index (χ0v) is 15.2. The first-order valence-electron chi connectivity index (χ1n) is 9.60. The lowest BCUT2D eigenvalue weighted by Gasteiger charge is -2.46. The van der Waals surface area contributed by atoms with Gasteiger partial charge in [-0.25, -0.2) is 4.90 Å². The van der Waals surface area contributed by atoms with Crippen LogP contribution >= 0.6 is 0 Å². The van der Waals surface area contributed by atoms with Crippen LogP contribution in [0.25, 0.3) is 0 Å². The van der Waals surface area contributed by atoms with E-state index in [4.69, 9.17) is 0 Å². The van der Waals surface area contributed by atoms with Gasteiger partial charge in [0.2, 0.25) is 17.7 Å². The van der Waals surface area contributed by atoms with E-state index >= 15 is 0 Å². The molecule has 0 aromatic heterocycles. The summed E-state index contributed by atoms with van der Waals surface area (Å²) in [6, 6.07) is 18.2. The van der Waals surface area contributed by atoms with Crippen LogP contribution in [0, 0.1) is 23.2 Å². The summed E-state index contributed by atoms with van der Waals surface area (Å²) >= 11 is 0. The molecule has 2 aromatic carbocycles. The van der Waals surface area contributed by atoms with E-state index in [-0.39, 0.29) is 23.6 Å². The molecule has 4 atom stereocenters. The molecule has 5 heteroatoms. The number of amides is 3. The van der Waals surface area contributed by atoms with Crippen molar-refractivity contribution < 1.29 is 14.4 Å². The third-order valence-corrected chi connectivity index (χ3v) is 6.37. The molecule has 3 aliphatic carbocycles. The van der Waals surface area contributed by atoms with Crippen molar-refractivity contribution in [3.63, 3.8) is 0 Å². The zero-order chi connectivity index (χ0) is 19.3. The lowest BCUT2D eigenvalue weighted by atomic mass is 9.54. The summed E-state index contributed by atoms with van der Waals surface area (Å²) in [6.07, 6.45) is 5.16. The third-order valence-electron chi connectivity index (χ3n) is 6.37. The minimum atomic E-state index is -0.981. The third kappa shape index (κ3) is 2.29. The highest BCUT2D eigenvalue weighted by molar-refractivity contribution is 6.24. The first kappa shape index (κ1) is 16.9. The van der Waals surface area contributed by atoms with Crippen molar-refractivity contribution in [1.29, 1.82) is 0 Å². The Morgan fingerprint density at radius 3 is 2.29 bits per heavy atom. The topological polar surface area (TPSA) is 66.5 Å². The van der Waals surface area contributed by atoms with Crippen LogP contribution < -0.4 is 10.2 Å². The average Bonchev–Trinajstić information content (AvgIpc) is 3.03. The first-order chi connectivity index (χ1) is 13.6. The van der Waals surface area contributed by atoms with Crippen molar-refractivity contribution in [1.82, 2.24) is 0 Å². The summed E-state index contributed by atoms with van der Waals surface area (Å²) in [5.74, 6) is -1.76. The molecule has 28 heavy (non-hydrogen) atoms. The summed E-state index contributed by atoms with van der Waals surface area (Å²) < 4.78 is 0. The molecule has 6 rings (SSSR count). The second-order valence-electron chi connectivity index (χ2n) is 7.77. The van der Waals surface area contributed by atoms with E-state index in [9.17, 15) is 14.4 Å². The number of hydrogen-bond acceptors (Lipinski definition) is 3. The van der Waals surface area contributed by atoms with Crippen LogP contribution in [0.1, 0.15) is 12.8 Å². The Kier molecular flexibility index (Phi) is 3.72. The molecule has 2 fully saturated rings. The van der Waals surface area contributed by atoms with E-state index in [0.717, 1.165) is 6.42 Å². The quantitative estimate of drug-likeness (QED) is 0.663. The number of benzene rings is 2. The van der Waals surface area contributed by atoms with Crippen LogP contribution in [0.2, 0.25) is 0 Å². The van der Waals surface area contributed by atoms with Crippen molar-refractivity contribution in [2.45, 2.75) is 12.8 Å². The Morgan fingerprint density at radius 2 is 1.64 bits per heavy atom. The Balaban J connectivity index is 1.54. The minimum Gasteiger partial charge on any atom is -0.325 e. The normalized spacial score (nSPS) is 30.4. The summed E-state index contributed by atoms with van der Waals surface area (Å²) in [4.78, 5) is 41.2. The van der Waals surface area contributed by atoms with Crippen LogP contribution in [0.3, 0.4) is 0 Å². The number of allylic oxidation sites excluding steroid dienone is 1. The number of imide groups is 1. The molecule has 1 saturated heterocycles. The van der Waals surface area contributed by atoms with Crippen molar-refractivity contribution in [2.24, 2.45) is 23.2 Å². The van der Waals surface area contributed by atoms with E-state index in [1.807, 2.05) is 60.7 Å². The van der Waals surface area contributed by atoms with Crippen LogP contribution in [-0.2, 0) is 14.4 Å². The fourth-order valence-electron chi connectivity index (χ4n) is 5.03. The van der Waals surface area contributed by atoms with Gasteiger partial charge in [-0.1, -0.05) is 48.6 Å². The summed E-state index contributed by atoms with van der Waals surface area (Å²) in [6.45, 7) is 0. The largest absolute Gasteiger partial charge is 0.325 e. The molecular weight excluding hydrogens is 352 g/mol. The Morgan fingerprint density at radius 1 is 0.964 bits per heavy atom. The second-order valence-corrected chi connectivity index (χ2v) is 7.77. The Hall–Kier alpha value is -3.21. The van der Waals surface area contributed by atoms with E-state index in [1.165, 1.54) is 4.90 Å². The average molecular weight is 372 g/mol. The number of rotatable bonds is 3. The summed E-state index contributed by atoms with van der Waals surface area (Å²) in [7, 11) is 0. The number of nitrogens with zero attached hydrogens (tertiary/aromatic N) is 1. The van der Waals surface area contributed by atoms with E-state index < -0.39 is 17.3 Å². The monoisotopic (exact) mass is 372 g/mol. The smallest absolute Gasteiger partial charge is 0.239 e. The molecule has 1 aliphatic heterocycles. The van der Waals surface area contributed by atoms with E-state index in [2.05, 4.69) is 5.32 Å². The number of carbonyl (C=O) groups excluding carboxylic acids is 3. The number of para-hydroxylation sites is 2. The summed E-state index contributed by atoms with van der Waals surface area (Å²) in [5.41, 5.74) is 0.284. The molecule has 1 heterocycles. The molecule has 2 bridgehead atoms. The van der Waals surface area contributed by atoms with Gasteiger partial charge in [0, 0.05) is 5.69 Å². The molecule has 4 aliphatic rings. The van der Waals surface area contributed by atoms with Gasteiger partial charge < -0.3 is 5.32 Å². The number of hydrogen-bond donors (Lipinski definition) is 1. The van der Waals surface area contributed by atoms with Gasteiger partial charge in [0.15, 0.2) is 0 Å². The van der Waals surface area contributed by atoms with Gasteiger partial charge in [-0.3, -0.25) is 14.4 Å². The maximum Gasteiger partial charge on any atom is 0.239 e. The molecule has 140 valence electrons. The van der Waals surface area contributed by atoms with Crippen LogP contribution in [0.5, 0.6) is 0 Å². The highest BCUT2D eigenvalue weighted by Gasteiger charge is 2.65. The van der Waals surface area contributed by atoms with Gasteiger partial charge in [0.25, 0.3) is 0 Å². The predicted molar refractivity (Wildman–Crippen MR) is 105 cm³/mol. The fraction of sp³-hybridized carbons (Fsp3) is 0.261. The molecule has 1 N–H and O–H groups in total. The van der Waals surface area contributed by atoms with Crippen molar-refractivity contribution in [3.8, 4) is 0 Å². The molecule has 0 radical (unpaired) electrons. The summed E-state index contributed by atoms with van der Waals surface area (Å²) in [5, 5.41) is 2.96. The molecule has 5 nitrogen and oxygen atoms in total. The Bertz CT molecular complexity index is 985. The minimum absolute atomic E-state index is 0.0153. The lowest BCUT2D eigenvalue weighted by molar-refractivity contribution is -0.140. The van der Waals surface area contributed by atoms with Gasteiger partial charge in [-0.05, 0) is 43.0 Å². The maximum absolute atomic E-state index is 13.4. The van der Waals surface area contributed by atoms with Gasteiger partial charge in [0.05, 0.1) is 22.9 Å². The SMILES string of the molecule is O=C1C2C3C=CC(C(=O)Nc4ccccc4)(CC3)C2C(=O)N1c1ccccc1. The first-order valence-corrected chi connectivity index (χ1v) is 9.60. The van der Waals surface area contributed by atoms with Gasteiger partial charge in [0.1, 0.15) is 0 Å². The number of carbonyl (C=O) groups is 3. The van der Waals surface area contributed by atoms with Crippen molar-refractivity contribution in [3.05, 3.63) is 72.8 Å². The van der Waals surface area contributed by atoms with Crippen molar-refractivity contribution in [2.75, 3.05) is 10.2 Å². The number of anilines is 2.